The predicted octanol–water partition coefficient (Wildman–Crippen LogP) is 4.39. The topological polar surface area (TPSA) is 65.8 Å². The molecule has 1 N–H and O–H groups in total. The lowest BCUT2D eigenvalue weighted by molar-refractivity contribution is 0.0771. The van der Waals surface area contributed by atoms with Gasteiger partial charge >= 0.3 is 0 Å². The molecule has 1 aromatic carbocycles. The van der Waals surface area contributed by atoms with Gasteiger partial charge in [0, 0.05) is 31.9 Å². The van der Waals surface area contributed by atoms with Crippen molar-refractivity contribution in [1.82, 2.24) is 4.90 Å². The van der Waals surface area contributed by atoms with Crippen molar-refractivity contribution >= 4 is 33.8 Å². The van der Waals surface area contributed by atoms with Gasteiger partial charge in [-0.1, -0.05) is 0 Å². The quantitative estimate of drug-likeness (QED) is 0.671. The number of hydrogen-bond donors (Lipinski definition) is 1. The Morgan fingerprint density at radius 1 is 1.10 bits per heavy atom. The van der Waals surface area contributed by atoms with Gasteiger partial charge in [-0.15, -0.1) is 11.3 Å². The molecule has 6 nitrogen and oxygen atoms in total. The fraction of sp³-hybridized carbons (Fsp3) is 0.273. The number of carbonyl (C=O) groups is 2. The first-order valence-electron chi connectivity index (χ1n) is 9.76. The number of rotatable bonds is 4. The van der Waals surface area contributed by atoms with Crippen molar-refractivity contribution in [2.75, 3.05) is 36.4 Å². The van der Waals surface area contributed by atoms with Gasteiger partial charge in [0.2, 0.25) is 0 Å². The van der Waals surface area contributed by atoms with Crippen molar-refractivity contribution in [3.63, 3.8) is 0 Å². The molecule has 2 amide bonds. The average molecular weight is 428 g/mol. The van der Waals surface area contributed by atoms with Crippen LogP contribution in [0.15, 0.2) is 53.1 Å². The Morgan fingerprint density at radius 3 is 2.63 bits per heavy atom. The molecule has 0 saturated carbocycles. The summed E-state index contributed by atoms with van der Waals surface area (Å²) < 4.78 is 18.3. The summed E-state index contributed by atoms with van der Waals surface area (Å²) >= 11 is 1.27. The fourth-order valence-corrected chi connectivity index (χ4v) is 4.55. The molecule has 3 heterocycles. The fourth-order valence-electron chi connectivity index (χ4n) is 3.51. The van der Waals surface area contributed by atoms with Gasteiger partial charge in [-0.25, -0.2) is 4.39 Å². The number of furan rings is 1. The van der Waals surface area contributed by atoms with E-state index in [1.165, 1.54) is 29.7 Å². The van der Waals surface area contributed by atoms with Crippen LogP contribution in [0.4, 0.5) is 15.1 Å². The molecular weight excluding hydrogens is 405 g/mol. The first-order chi connectivity index (χ1) is 14.5. The lowest BCUT2D eigenvalue weighted by Crippen LogP contribution is -2.35. The molecule has 0 spiro atoms. The standard InChI is InChI=1S/C22H22FN3O3S/c1-15-14-19(24-21(27)18-4-2-13-29-18)30-20(15)22(28)26-10-3-9-25(11-12-26)17-7-5-16(23)6-8-17/h2,4-8,13-14H,3,9-12H2,1H3,(H,24,27). The zero-order chi connectivity index (χ0) is 21.1. The molecule has 1 fully saturated rings. The van der Waals surface area contributed by atoms with Crippen LogP contribution in [-0.2, 0) is 0 Å². The van der Waals surface area contributed by atoms with E-state index in [2.05, 4.69) is 10.2 Å². The van der Waals surface area contributed by atoms with Crippen molar-refractivity contribution in [1.29, 1.82) is 0 Å². The molecule has 0 radical (unpaired) electrons. The molecule has 1 saturated heterocycles. The molecule has 3 aromatic rings. The summed E-state index contributed by atoms with van der Waals surface area (Å²) in [5.41, 5.74) is 1.79. The van der Waals surface area contributed by atoms with E-state index in [-0.39, 0.29) is 23.4 Å². The van der Waals surface area contributed by atoms with Crippen LogP contribution in [0.5, 0.6) is 0 Å². The molecule has 8 heteroatoms. The van der Waals surface area contributed by atoms with E-state index in [1.54, 1.807) is 30.3 Å². The maximum Gasteiger partial charge on any atom is 0.291 e. The number of benzene rings is 1. The summed E-state index contributed by atoms with van der Waals surface area (Å²) in [7, 11) is 0. The van der Waals surface area contributed by atoms with Crippen LogP contribution in [-0.4, -0.2) is 42.9 Å². The molecule has 4 rings (SSSR count). The highest BCUT2D eigenvalue weighted by Crippen LogP contribution is 2.29. The number of thiophene rings is 1. The van der Waals surface area contributed by atoms with Gasteiger partial charge in [0.1, 0.15) is 5.82 Å². The van der Waals surface area contributed by atoms with E-state index in [9.17, 15) is 14.0 Å². The Morgan fingerprint density at radius 2 is 1.90 bits per heavy atom. The molecule has 1 aliphatic heterocycles. The second-order valence-corrected chi connectivity index (χ2v) is 8.22. The molecular formula is C22H22FN3O3S. The van der Waals surface area contributed by atoms with Crippen LogP contribution in [0.1, 0.15) is 32.2 Å². The van der Waals surface area contributed by atoms with Gasteiger partial charge in [0.05, 0.1) is 16.1 Å². The molecule has 0 bridgehead atoms. The first-order valence-corrected chi connectivity index (χ1v) is 10.6. The molecule has 0 aliphatic carbocycles. The Labute approximate surface area is 177 Å². The van der Waals surface area contributed by atoms with Crippen molar-refractivity contribution < 1.29 is 18.4 Å². The molecule has 2 aromatic heterocycles. The van der Waals surface area contributed by atoms with Crippen LogP contribution in [0.2, 0.25) is 0 Å². The van der Waals surface area contributed by atoms with Gasteiger partial charge < -0.3 is 19.5 Å². The maximum absolute atomic E-state index is 13.2. The van der Waals surface area contributed by atoms with Gasteiger partial charge in [0.15, 0.2) is 5.76 Å². The van der Waals surface area contributed by atoms with Crippen molar-refractivity contribution in [2.45, 2.75) is 13.3 Å². The second kappa shape index (κ2) is 8.71. The van der Waals surface area contributed by atoms with Crippen molar-refractivity contribution in [3.8, 4) is 0 Å². The number of nitrogens with one attached hydrogen (secondary N) is 1. The van der Waals surface area contributed by atoms with Crippen molar-refractivity contribution in [3.05, 3.63) is 70.7 Å². The van der Waals surface area contributed by atoms with Crippen LogP contribution in [0.25, 0.3) is 0 Å². The number of amides is 2. The van der Waals surface area contributed by atoms with E-state index in [0.29, 0.717) is 29.5 Å². The lowest BCUT2D eigenvalue weighted by atomic mass is 10.2. The number of aryl methyl sites for hydroxylation is 1. The summed E-state index contributed by atoms with van der Waals surface area (Å²) in [5.74, 6) is -0.405. The minimum absolute atomic E-state index is 0.0306. The summed E-state index contributed by atoms with van der Waals surface area (Å²) in [6.07, 6.45) is 2.27. The Kier molecular flexibility index (Phi) is 5.85. The highest BCUT2D eigenvalue weighted by molar-refractivity contribution is 7.18. The van der Waals surface area contributed by atoms with E-state index in [1.807, 2.05) is 11.8 Å². The molecule has 1 aliphatic rings. The molecule has 0 atom stereocenters. The largest absolute Gasteiger partial charge is 0.459 e. The minimum atomic E-state index is -0.343. The average Bonchev–Trinajstić information content (AvgIpc) is 3.32. The highest BCUT2D eigenvalue weighted by Gasteiger charge is 2.24. The third kappa shape index (κ3) is 4.38. The van der Waals surface area contributed by atoms with Gasteiger partial charge in [0.25, 0.3) is 11.8 Å². The summed E-state index contributed by atoms with van der Waals surface area (Å²) in [5, 5.41) is 3.40. The Balaban J connectivity index is 1.42. The zero-order valence-corrected chi connectivity index (χ0v) is 17.4. The lowest BCUT2D eigenvalue weighted by Gasteiger charge is -2.23. The monoisotopic (exact) mass is 427 g/mol. The number of hydrogen-bond acceptors (Lipinski definition) is 5. The predicted molar refractivity (Wildman–Crippen MR) is 115 cm³/mol. The summed E-state index contributed by atoms with van der Waals surface area (Å²) in [6.45, 7) is 4.60. The van der Waals surface area contributed by atoms with E-state index in [4.69, 9.17) is 4.42 Å². The zero-order valence-electron chi connectivity index (χ0n) is 16.6. The first kappa shape index (κ1) is 20.2. The highest BCUT2D eigenvalue weighted by atomic mass is 32.1. The SMILES string of the molecule is Cc1cc(NC(=O)c2ccco2)sc1C(=O)N1CCCN(c2ccc(F)cc2)CC1. The third-order valence-electron chi connectivity index (χ3n) is 5.07. The number of halogens is 1. The van der Waals surface area contributed by atoms with Gasteiger partial charge in [-0.3, -0.25) is 9.59 Å². The summed E-state index contributed by atoms with van der Waals surface area (Å²) in [6, 6.07) is 11.5. The van der Waals surface area contributed by atoms with Crippen LogP contribution < -0.4 is 10.2 Å². The van der Waals surface area contributed by atoms with Crippen LogP contribution >= 0.6 is 11.3 Å². The second-order valence-electron chi connectivity index (χ2n) is 7.16. The van der Waals surface area contributed by atoms with E-state index >= 15 is 0 Å². The number of carbonyl (C=O) groups excluding carboxylic acids is 2. The number of anilines is 2. The smallest absolute Gasteiger partial charge is 0.291 e. The number of nitrogens with zero attached hydrogens (tertiary/aromatic N) is 2. The van der Waals surface area contributed by atoms with Crippen LogP contribution in [0, 0.1) is 12.7 Å². The Bertz CT molecular complexity index is 1030. The van der Waals surface area contributed by atoms with Crippen LogP contribution in [0.3, 0.4) is 0 Å². The summed E-state index contributed by atoms with van der Waals surface area (Å²) in [4.78, 5) is 30.0. The van der Waals surface area contributed by atoms with Gasteiger partial charge in [-0.05, 0) is 61.4 Å². The maximum atomic E-state index is 13.2. The van der Waals surface area contributed by atoms with Crippen molar-refractivity contribution in [2.24, 2.45) is 0 Å². The molecule has 30 heavy (non-hydrogen) atoms. The Hall–Kier alpha value is -3.13. The van der Waals surface area contributed by atoms with E-state index in [0.717, 1.165) is 24.2 Å². The normalized spacial score (nSPS) is 14.5. The van der Waals surface area contributed by atoms with Gasteiger partial charge in [-0.2, -0.15) is 0 Å². The van der Waals surface area contributed by atoms with E-state index < -0.39 is 0 Å². The minimum Gasteiger partial charge on any atom is -0.459 e. The molecule has 0 unspecified atom stereocenters. The third-order valence-corrected chi connectivity index (χ3v) is 6.21. The molecule has 156 valence electrons.